The van der Waals surface area contributed by atoms with Crippen LogP contribution in [0.2, 0.25) is 0 Å². The molecule has 0 aliphatic heterocycles. The third-order valence-corrected chi connectivity index (χ3v) is 6.22. The molecule has 0 saturated heterocycles. The van der Waals surface area contributed by atoms with E-state index in [0.717, 1.165) is 0 Å². The van der Waals surface area contributed by atoms with Gasteiger partial charge in [0.25, 0.3) is 0 Å². The number of rotatable bonds is 9. The number of hydrogen-bond donors (Lipinski definition) is 2. The molecule has 2 N–H and O–H groups in total. The molecule has 1 heterocycles. The fourth-order valence-electron chi connectivity index (χ4n) is 2.97. The average molecular weight is 470 g/mol. The summed E-state index contributed by atoms with van der Waals surface area (Å²) in [4.78, 5) is 36.7. The minimum Gasteiger partial charge on any atom is -0.326 e. The van der Waals surface area contributed by atoms with Crippen molar-refractivity contribution in [3.8, 4) is 0 Å². The summed E-state index contributed by atoms with van der Waals surface area (Å²) in [6, 6.07) is 12.2. The van der Waals surface area contributed by atoms with E-state index in [-0.39, 0.29) is 29.8 Å². The summed E-state index contributed by atoms with van der Waals surface area (Å²) in [6.07, 6.45) is 0.512. The first kappa shape index (κ1) is 24.1. The van der Waals surface area contributed by atoms with Crippen LogP contribution >= 0.6 is 11.8 Å². The Bertz CT molecular complexity index is 1160. The van der Waals surface area contributed by atoms with Crippen molar-refractivity contribution < 1.29 is 18.8 Å². The summed E-state index contributed by atoms with van der Waals surface area (Å²) in [7, 11) is 1.73. The molecular weight excluding hydrogens is 445 g/mol. The molecule has 0 saturated carbocycles. The molecule has 3 rings (SSSR count). The van der Waals surface area contributed by atoms with Crippen LogP contribution in [0, 0.1) is 5.82 Å². The number of Topliss-reactive ketones (excluding diaryl/α,β-unsaturated/α-hetero) is 1. The Labute approximate surface area is 195 Å². The third kappa shape index (κ3) is 6.48. The fraction of sp³-hybridized carbons (Fsp3) is 0.261. The van der Waals surface area contributed by atoms with Crippen molar-refractivity contribution in [2.75, 3.05) is 10.6 Å². The van der Waals surface area contributed by atoms with Gasteiger partial charge in [-0.2, -0.15) is 0 Å². The Morgan fingerprint density at radius 1 is 1.06 bits per heavy atom. The molecule has 1 unspecified atom stereocenters. The fourth-order valence-corrected chi connectivity index (χ4v) is 3.91. The molecule has 0 radical (unpaired) electrons. The number of hydrogen-bond acceptors (Lipinski definition) is 6. The predicted octanol–water partition coefficient (Wildman–Crippen LogP) is 3.85. The highest BCUT2D eigenvalue weighted by molar-refractivity contribution is 8.00. The maximum Gasteiger partial charge on any atom is 0.237 e. The number of ketones is 1. The highest BCUT2D eigenvalue weighted by atomic mass is 32.2. The van der Waals surface area contributed by atoms with Crippen LogP contribution in [0.1, 0.15) is 36.5 Å². The van der Waals surface area contributed by atoms with Crippen molar-refractivity contribution in [1.82, 2.24) is 14.8 Å². The molecule has 8 nitrogen and oxygen atoms in total. The van der Waals surface area contributed by atoms with Gasteiger partial charge in [-0.25, -0.2) is 4.39 Å². The Morgan fingerprint density at radius 3 is 2.45 bits per heavy atom. The van der Waals surface area contributed by atoms with E-state index in [2.05, 4.69) is 20.8 Å². The maximum absolute atomic E-state index is 13.0. The summed E-state index contributed by atoms with van der Waals surface area (Å²) in [6.45, 7) is 3.36. The summed E-state index contributed by atoms with van der Waals surface area (Å²) in [5.74, 6) is -0.571. The number of benzene rings is 2. The van der Waals surface area contributed by atoms with Gasteiger partial charge >= 0.3 is 0 Å². The van der Waals surface area contributed by atoms with Gasteiger partial charge in [0.1, 0.15) is 11.6 Å². The molecule has 0 aliphatic carbocycles. The SMILES string of the molecule is CCC(Sc1nnc(CC(=O)Nc2ccc(F)cc2)n1C)C(=O)Nc1cccc(C(C)=O)c1. The van der Waals surface area contributed by atoms with Crippen molar-refractivity contribution >= 4 is 40.7 Å². The van der Waals surface area contributed by atoms with Crippen molar-refractivity contribution in [2.24, 2.45) is 7.05 Å². The largest absolute Gasteiger partial charge is 0.326 e. The number of nitrogens with one attached hydrogen (secondary N) is 2. The van der Waals surface area contributed by atoms with Crippen LogP contribution in [0.15, 0.2) is 53.7 Å². The standard InChI is InChI=1S/C23H24FN5O3S/c1-4-19(22(32)26-18-7-5-6-15(12-18)14(2)30)33-23-28-27-20(29(23)3)13-21(31)25-17-10-8-16(24)9-11-17/h5-12,19H,4,13H2,1-3H3,(H,25,31)(H,26,32). The van der Waals surface area contributed by atoms with E-state index >= 15 is 0 Å². The van der Waals surface area contributed by atoms with Crippen LogP contribution in [-0.2, 0) is 23.1 Å². The van der Waals surface area contributed by atoms with Gasteiger partial charge in [0.05, 0.1) is 11.7 Å². The highest BCUT2D eigenvalue weighted by Crippen LogP contribution is 2.25. The number of amides is 2. The van der Waals surface area contributed by atoms with Gasteiger partial charge in [-0.3, -0.25) is 14.4 Å². The second-order valence-electron chi connectivity index (χ2n) is 7.33. The molecule has 3 aromatic rings. The summed E-state index contributed by atoms with van der Waals surface area (Å²) >= 11 is 1.24. The molecule has 1 aromatic heterocycles. The minimum absolute atomic E-state index is 0.0255. The molecular formula is C23H24FN5O3S. The maximum atomic E-state index is 13.0. The van der Waals surface area contributed by atoms with Gasteiger partial charge < -0.3 is 15.2 Å². The average Bonchev–Trinajstić information content (AvgIpc) is 3.12. The third-order valence-electron chi connectivity index (χ3n) is 4.82. The number of nitrogens with zero attached hydrogens (tertiary/aromatic N) is 3. The zero-order valence-corrected chi connectivity index (χ0v) is 19.3. The van der Waals surface area contributed by atoms with Crippen molar-refractivity contribution in [2.45, 2.75) is 37.1 Å². The van der Waals surface area contributed by atoms with Gasteiger partial charge in [0.15, 0.2) is 10.9 Å². The van der Waals surface area contributed by atoms with Crippen LogP contribution in [0.25, 0.3) is 0 Å². The van der Waals surface area contributed by atoms with E-state index in [4.69, 9.17) is 0 Å². The van der Waals surface area contributed by atoms with E-state index < -0.39 is 5.25 Å². The zero-order valence-electron chi connectivity index (χ0n) is 18.5. The van der Waals surface area contributed by atoms with Gasteiger partial charge in [-0.15, -0.1) is 10.2 Å². The number of carbonyl (C=O) groups is 3. The first-order chi connectivity index (χ1) is 15.8. The Hall–Kier alpha value is -3.53. The van der Waals surface area contributed by atoms with Crippen molar-refractivity contribution in [3.63, 3.8) is 0 Å². The summed E-state index contributed by atoms with van der Waals surface area (Å²) in [5.41, 5.74) is 1.54. The summed E-state index contributed by atoms with van der Waals surface area (Å²) < 4.78 is 14.7. The van der Waals surface area contributed by atoms with Crippen LogP contribution in [0.5, 0.6) is 0 Å². The van der Waals surface area contributed by atoms with E-state index in [1.165, 1.54) is 43.0 Å². The van der Waals surface area contributed by atoms with Crippen LogP contribution in [0.3, 0.4) is 0 Å². The van der Waals surface area contributed by atoms with Crippen molar-refractivity contribution in [1.29, 1.82) is 0 Å². The summed E-state index contributed by atoms with van der Waals surface area (Å²) in [5, 5.41) is 13.8. The number of aromatic nitrogens is 3. The van der Waals surface area contributed by atoms with Gasteiger partial charge in [0.2, 0.25) is 11.8 Å². The van der Waals surface area contributed by atoms with Crippen LogP contribution in [0.4, 0.5) is 15.8 Å². The lowest BCUT2D eigenvalue weighted by molar-refractivity contribution is -0.116. The molecule has 0 spiro atoms. The molecule has 33 heavy (non-hydrogen) atoms. The molecule has 0 bridgehead atoms. The van der Waals surface area contributed by atoms with Gasteiger partial charge in [0, 0.05) is 24.0 Å². The van der Waals surface area contributed by atoms with Crippen molar-refractivity contribution in [3.05, 3.63) is 65.7 Å². The zero-order chi connectivity index (χ0) is 24.0. The molecule has 1 atom stereocenters. The van der Waals surface area contributed by atoms with Gasteiger partial charge in [-0.1, -0.05) is 30.8 Å². The molecule has 10 heteroatoms. The van der Waals surface area contributed by atoms with E-state index in [1.807, 2.05) is 6.92 Å². The topological polar surface area (TPSA) is 106 Å². The quantitative estimate of drug-likeness (QED) is 0.364. The Kier molecular flexibility index (Phi) is 7.94. The Morgan fingerprint density at radius 2 is 1.79 bits per heavy atom. The number of carbonyl (C=O) groups excluding carboxylic acids is 3. The molecule has 0 aliphatic rings. The number of halogens is 1. The number of anilines is 2. The first-order valence-electron chi connectivity index (χ1n) is 10.3. The molecule has 0 fully saturated rings. The molecule has 2 amide bonds. The highest BCUT2D eigenvalue weighted by Gasteiger charge is 2.22. The lowest BCUT2D eigenvalue weighted by atomic mass is 10.1. The van der Waals surface area contributed by atoms with E-state index in [1.54, 1.807) is 35.9 Å². The second kappa shape index (κ2) is 10.9. The molecule has 172 valence electrons. The smallest absolute Gasteiger partial charge is 0.237 e. The lowest BCUT2D eigenvalue weighted by Gasteiger charge is -2.14. The molecule has 2 aromatic carbocycles. The number of thioether (sulfide) groups is 1. The first-order valence-corrected chi connectivity index (χ1v) is 11.2. The van der Waals surface area contributed by atoms with Gasteiger partial charge in [-0.05, 0) is 49.7 Å². The monoisotopic (exact) mass is 469 g/mol. The van der Waals surface area contributed by atoms with E-state index in [0.29, 0.717) is 34.3 Å². The second-order valence-corrected chi connectivity index (χ2v) is 8.50. The lowest BCUT2D eigenvalue weighted by Crippen LogP contribution is -2.25. The normalized spacial score (nSPS) is 11.6. The van der Waals surface area contributed by atoms with Crippen LogP contribution < -0.4 is 10.6 Å². The minimum atomic E-state index is -0.449. The Balaban J connectivity index is 1.63. The predicted molar refractivity (Wildman–Crippen MR) is 125 cm³/mol. The van der Waals surface area contributed by atoms with Crippen LogP contribution in [-0.4, -0.2) is 37.6 Å². The van der Waals surface area contributed by atoms with E-state index in [9.17, 15) is 18.8 Å².